The van der Waals surface area contributed by atoms with Crippen molar-refractivity contribution >= 4 is 23.5 Å². The minimum atomic E-state index is 0.808. The van der Waals surface area contributed by atoms with E-state index in [1.807, 2.05) is 37.3 Å². The lowest BCUT2D eigenvalue weighted by atomic mass is 10.2. The van der Waals surface area contributed by atoms with Crippen LogP contribution in [0.5, 0.6) is 11.5 Å². The van der Waals surface area contributed by atoms with E-state index in [4.69, 9.17) is 14.5 Å². The topological polar surface area (TPSA) is 44.2 Å². The summed E-state index contributed by atoms with van der Waals surface area (Å²) >= 11 is 3.37. The molecule has 0 spiro atoms. The normalized spacial score (nSPS) is 10.6. The van der Waals surface area contributed by atoms with Crippen LogP contribution in [0.1, 0.15) is 16.8 Å². The first-order chi connectivity index (χ1) is 13.2. The molecule has 0 aliphatic carbocycles. The second-order valence-electron chi connectivity index (χ2n) is 5.90. The van der Waals surface area contributed by atoms with E-state index in [1.54, 1.807) is 37.7 Å². The highest BCUT2D eigenvalue weighted by Gasteiger charge is 2.06. The van der Waals surface area contributed by atoms with E-state index in [-0.39, 0.29) is 0 Å². The molecule has 0 saturated carbocycles. The highest BCUT2D eigenvalue weighted by molar-refractivity contribution is 7.99. The van der Waals surface area contributed by atoms with E-state index < -0.39 is 0 Å². The number of ether oxygens (including phenoxy) is 2. The monoisotopic (exact) mass is 398 g/mol. The molecule has 0 unspecified atom stereocenters. The molecule has 0 fully saturated rings. The summed E-state index contributed by atoms with van der Waals surface area (Å²) in [6.07, 6.45) is 0. The zero-order valence-electron chi connectivity index (χ0n) is 15.6. The second kappa shape index (κ2) is 9.67. The Kier molecular flexibility index (Phi) is 7.01. The van der Waals surface area contributed by atoms with Crippen molar-refractivity contribution < 1.29 is 9.47 Å². The van der Waals surface area contributed by atoms with Gasteiger partial charge in [0.1, 0.15) is 16.5 Å². The van der Waals surface area contributed by atoms with Crippen LogP contribution in [-0.2, 0) is 11.5 Å². The van der Waals surface area contributed by atoms with Crippen LogP contribution in [0.2, 0.25) is 0 Å². The zero-order valence-corrected chi connectivity index (χ0v) is 17.3. The van der Waals surface area contributed by atoms with Crippen molar-refractivity contribution in [1.82, 2.24) is 9.97 Å². The Hall–Kier alpha value is -2.18. The molecule has 3 rings (SSSR count). The number of aryl methyl sites for hydroxylation is 1. The maximum Gasteiger partial charge on any atom is 0.189 e. The predicted molar refractivity (Wildman–Crippen MR) is 112 cm³/mol. The molecule has 6 heteroatoms. The third-order valence-corrected chi connectivity index (χ3v) is 5.78. The molecule has 0 N–H and O–H groups in total. The third kappa shape index (κ3) is 5.91. The van der Waals surface area contributed by atoms with Gasteiger partial charge in [0.05, 0.1) is 14.2 Å². The Morgan fingerprint density at radius 3 is 1.78 bits per heavy atom. The summed E-state index contributed by atoms with van der Waals surface area (Å²) < 4.78 is 10.4. The fourth-order valence-corrected chi connectivity index (χ4v) is 4.23. The largest absolute Gasteiger partial charge is 0.497 e. The van der Waals surface area contributed by atoms with Crippen molar-refractivity contribution in [2.45, 2.75) is 28.6 Å². The minimum absolute atomic E-state index is 0.808. The standard InChI is InChI=1S/C21H22N2O2S2/c1-15-12-20(26-13-16-4-8-18(24-2)9-5-16)23-21(22-15)27-14-17-6-10-19(25-3)11-7-17/h4-12H,13-14H2,1-3H3. The maximum absolute atomic E-state index is 5.20. The van der Waals surface area contributed by atoms with Gasteiger partial charge in [0.25, 0.3) is 0 Å². The quantitative estimate of drug-likeness (QED) is 0.288. The molecule has 140 valence electrons. The average Bonchev–Trinajstić information content (AvgIpc) is 2.71. The van der Waals surface area contributed by atoms with Gasteiger partial charge in [-0.2, -0.15) is 0 Å². The molecule has 0 aliphatic heterocycles. The van der Waals surface area contributed by atoms with Crippen LogP contribution in [0.15, 0.2) is 64.8 Å². The van der Waals surface area contributed by atoms with E-state index in [0.717, 1.165) is 38.9 Å². The lowest BCUT2D eigenvalue weighted by Gasteiger charge is -2.07. The molecule has 0 atom stereocenters. The number of rotatable bonds is 8. The molecule has 0 saturated heterocycles. The first kappa shape index (κ1) is 19.6. The van der Waals surface area contributed by atoms with Gasteiger partial charge in [-0.1, -0.05) is 36.0 Å². The average molecular weight is 399 g/mol. The van der Waals surface area contributed by atoms with Gasteiger partial charge in [-0.3, -0.25) is 0 Å². The van der Waals surface area contributed by atoms with Gasteiger partial charge in [0.2, 0.25) is 0 Å². The molecular weight excluding hydrogens is 376 g/mol. The smallest absolute Gasteiger partial charge is 0.189 e. The van der Waals surface area contributed by atoms with Crippen LogP contribution < -0.4 is 9.47 Å². The fraction of sp³-hybridized carbons (Fsp3) is 0.238. The van der Waals surface area contributed by atoms with Crippen LogP contribution in [-0.4, -0.2) is 24.2 Å². The maximum atomic E-state index is 5.20. The van der Waals surface area contributed by atoms with Crippen molar-refractivity contribution in [1.29, 1.82) is 0 Å². The molecule has 1 heterocycles. The number of thioether (sulfide) groups is 2. The van der Waals surface area contributed by atoms with Crippen LogP contribution >= 0.6 is 23.5 Å². The minimum Gasteiger partial charge on any atom is -0.497 e. The molecule has 3 aromatic rings. The first-order valence-electron chi connectivity index (χ1n) is 8.53. The summed E-state index contributed by atoms with van der Waals surface area (Å²) in [5.74, 6) is 3.44. The highest BCUT2D eigenvalue weighted by Crippen LogP contribution is 2.27. The zero-order chi connectivity index (χ0) is 19.1. The Morgan fingerprint density at radius 1 is 0.741 bits per heavy atom. The van der Waals surface area contributed by atoms with Gasteiger partial charge in [-0.05, 0) is 48.4 Å². The van der Waals surface area contributed by atoms with Crippen LogP contribution in [0.4, 0.5) is 0 Å². The van der Waals surface area contributed by atoms with Crippen molar-refractivity contribution in [2.75, 3.05) is 14.2 Å². The van der Waals surface area contributed by atoms with Gasteiger partial charge < -0.3 is 9.47 Å². The summed E-state index contributed by atoms with van der Waals surface area (Å²) in [7, 11) is 3.36. The lowest BCUT2D eigenvalue weighted by molar-refractivity contribution is 0.414. The van der Waals surface area contributed by atoms with Gasteiger partial charge in [-0.25, -0.2) is 9.97 Å². The number of methoxy groups -OCH3 is 2. The lowest BCUT2D eigenvalue weighted by Crippen LogP contribution is -1.94. The van der Waals surface area contributed by atoms with E-state index in [1.165, 1.54) is 11.1 Å². The number of hydrogen-bond donors (Lipinski definition) is 0. The van der Waals surface area contributed by atoms with Gasteiger partial charge in [0, 0.05) is 17.2 Å². The van der Waals surface area contributed by atoms with Crippen LogP contribution in [0.25, 0.3) is 0 Å². The molecule has 1 aromatic heterocycles. The van der Waals surface area contributed by atoms with Crippen LogP contribution in [0, 0.1) is 6.92 Å². The number of benzene rings is 2. The van der Waals surface area contributed by atoms with E-state index in [2.05, 4.69) is 29.2 Å². The Bertz CT molecular complexity index is 799. The van der Waals surface area contributed by atoms with Crippen molar-refractivity contribution in [3.63, 3.8) is 0 Å². The van der Waals surface area contributed by atoms with Crippen LogP contribution in [0.3, 0.4) is 0 Å². The third-order valence-electron chi connectivity index (χ3n) is 3.88. The van der Waals surface area contributed by atoms with Crippen molar-refractivity contribution in [3.05, 3.63) is 71.4 Å². The van der Waals surface area contributed by atoms with Crippen molar-refractivity contribution in [2.24, 2.45) is 0 Å². The van der Waals surface area contributed by atoms with E-state index in [0.29, 0.717) is 0 Å². The van der Waals surface area contributed by atoms with E-state index >= 15 is 0 Å². The summed E-state index contributed by atoms with van der Waals surface area (Å²) in [6, 6.07) is 18.3. The summed E-state index contributed by atoms with van der Waals surface area (Å²) in [5, 5.41) is 1.80. The molecule has 0 amide bonds. The first-order valence-corrected chi connectivity index (χ1v) is 10.5. The van der Waals surface area contributed by atoms with Gasteiger partial charge >= 0.3 is 0 Å². The van der Waals surface area contributed by atoms with E-state index in [9.17, 15) is 0 Å². The Morgan fingerprint density at radius 2 is 1.26 bits per heavy atom. The fourth-order valence-electron chi connectivity index (χ4n) is 2.40. The molecule has 0 aliphatic rings. The Balaban J connectivity index is 1.60. The number of nitrogens with zero attached hydrogens (tertiary/aromatic N) is 2. The van der Waals surface area contributed by atoms with Gasteiger partial charge in [0.15, 0.2) is 5.16 Å². The molecule has 4 nitrogen and oxygen atoms in total. The SMILES string of the molecule is COc1ccc(CSc2cc(C)nc(SCc3ccc(OC)cc3)n2)cc1. The second-order valence-corrected chi connectivity index (χ2v) is 7.84. The predicted octanol–water partition coefficient (Wildman–Crippen LogP) is 5.39. The highest BCUT2D eigenvalue weighted by atomic mass is 32.2. The molecule has 0 bridgehead atoms. The summed E-state index contributed by atoms with van der Waals surface area (Å²) in [6.45, 7) is 2.01. The molecule has 2 aromatic carbocycles. The number of hydrogen-bond acceptors (Lipinski definition) is 6. The van der Waals surface area contributed by atoms with Crippen molar-refractivity contribution in [3.8, 4) is 11.5 Å². The molecule has 27 heavy (non-hydrogen) atoms. The Labute approximate surface area is 168 Å². The summed E-state index contributed by atoms with van der Waals surface area (Å²) in [5.41, 5.74) is 3.45. The molecular formula is C21H22N2O2S2. The summed E-state index contributed by atoms with van der Waals surface area (Å²) in [4.78, 5) is 9.25. The number of aromatic nitrogens is 2. The van der Waals surface area contributed by atoms with Gasteiger partial charge in [-0.15, -0.1) is 11.8 Å². The molecule has 0 radical (unpaired) electrons.